The van der Waals surface area contributed by atoms with Crippen LogP contribution in [0.2, 0.25) is 0 Å². The predicted molar refractivity (Wildman–Crippen MR) is 73.1 cm³/mol. The SMILES string of the molecule is [2H]Oc1c(C)cccc1Cc1cccc(CC)c1O. The van der Waals surface area contributed by atoms with Gasteiger partial charge in [0.25, 0.3) is 1.43 Å². The van der Waals surface area contributed by atoms with E-state index in [1.165, 1.54) is 0 Å². The topological polar surface area (TPSA) is 40.5 Å². The van der Waals surface area contributed by atoms with Crippen LogP contribution in [0.5, 0.6) is 11.5 Å². The van der Waals surface area contributed by atoms with Crippen LogP contribution >= 0.6 is 0 Å². The van der Waals surface area contributed by atoms with Gasteiger partial charge in [-0.25, -0.2) is 0 Å². The molecule has 2 aromatic rings. The number of phenols is 2. The van der Waals surface area contributed by atoms with Crippen molar-refractivity contribution in [1.82, 2.24) is 0 Å². The number of aromatic hydroxyl groups is 2. The van der Waals surface area contributed by atoms with E-state index in [1.54, 1.807) is 0 Å². The number of benzene rings is 2. The van der Waals surface area contributed by atoms with E-state index in [0.29, 0.717) is 17.9 Å². The highest BCUT2D eigenvalue weighted by molar-refractivity contribution is 5.47. The highest BCUT2D eigenvalue weighted by Gasteiger charge is 2.09. The molecule has 2 aromatic carbocycles. The number of aryl methyl sites for hydroxylation is 2. The normalized spacial score (nSPS) is 11.1. The smallest absolute Gasteiger partial charge is 0.293 e. The Morgan fingerprint density at radius 2 is 1.61 bits per heavy atom. The van der Waals surface area contributed by atoms with E-state index in [9.17, 15) is 5.11 Å². The molecule has 0 aliphatic carbocycles. The molecule has 2 rings (SSSR count). The van der Waals surface area contributed by atoms with Crippen LogP contribution in [0, 0.1) is 6.92 Å². The van der Waals surface area contributed by atoms with E-state index in [1.807, 2.05) is 50.2 Å². The molecule has 0 aliphatic heterocycles. The van der Waals surface area contributed by atoms with Crippen molar-refractivity contribution in [3.05, 3.63) is 58.7 Å². The van der Waals surface area contributed by atoms with Crippen LogP contribution in [0.15, 0.2) is 36.4 Å². The predicted octanol–water partition coefficient (Wildman–Crippen LogP) is 3.56. The Balaban J connectivity index is 2.39. The zero-order valence-corrected chi connectivity index (χ0v) is 10.7. The molecule has 94 valence electrons. The van der Waals surface area contributed by atoms with Crippen LogP contribution in [0.1, 0.15) is 29.2 Å². The summed E-state index contributed by atoms with van der Waals surface area (Å²) in [5, 5.41) is 14.9. The van der Waals surface area contributed by atoms with E-state index in [0.717, 1.165) is 28.7 Å². The van der Waals surface area contributed by atoms with Gasteiger partial charge >= 0.3 is 0 Å². The molecule has 0 heterocycles. The van der Waals surface area contributed by atoms with Crippen molar-refractivity contribution in [2.75, 3.05) is 0 Å². The molecule has 0 amide bonds. The third kappa shape index (κ3) is 2.33. The number of phenolic OH excluding ortho intramolecular Hbond substituents is 2. The summed E-state index contributed by atoms with van der Waals surface area (Å²) in [6.45, 7) is 3.93. The summed E-state index contributed by atoms with van der Waals surface area (Å²) < 4.78 is 7.16. The standard InChI is InChI=1S/C16H18O2/c1-3-12-7-5-9-14(16(12)18)10-13-8-4-6-11(2)15(13)17/h4-9,17-18H,3,10H2,1-2H3/i/hD. The first-order chi connectivity index (χ1) is 9.17. The van der Waals surface area contributed by atoms with Gasteiger partial charge in [-0.1, -0.05) is 43.3 Å². The van der Waals surface area contributed by atoms with E-state index in [-0.39, 0.29) is 0 Å². The average Bonchev–Trinajstić information content (AvgIpc) is 2.41. The van der Waals surface area contributed by atoms with E-state index >= 15 is 0 Å². The Labute approximate surface area is 109 Å². The van der Waals surface area contributed by atoms with Gasteiger partial charge in [-0.15, -0.1) is 0 Å². The first-order valence-electron chi connectivity index (χ1n) is 6.59. The van der Waals surface area contributed by atoms with Crippen LogP contribution in [-0.2, 0) is 12.8 Å². The summed E-state index contributed by atoms with van der Waals surface area (Å²) in [6.07, 6.45) is 1.37. The lowest BCUT2D eigenvalue weighted by molar-refractivity contribution is 0.457. The van der Waals surface area contributed by atoms with Gasteiger partial charge in [0.2, 0.25) is 0 Å². The van der Waals surface area contributed by atoms with Crippen molar-refractivity contribution in [2.24, 2.45) is 0 Å². The van der Waals surface area contributed by atoms with Gasteiger partial charge in [0.1, 0.15) is 11.5 Å². The minimum Gasteiger partial charge on any atom is -0.507 e. The monoisotopic (exact) mass is 243 g/mol. The van der Waals surface area contributed by atoms with Gasteiger partial charge in [-0.3, -0.25) is 0 Å². The molecule has 0 spiro atoms. The number of hydrogen-bond acceptors (Lipinski definition) is 2. The number of para-hydroxylation sites is 2. The fraction of sp³-hybridized carbons (Fsp3) is 0.250. The largest absolute Gasteiger partial charge is 0.507 e. The van der Waals surface area contributed by atoms with Gasteiger partial charge < -0.3 is 10.2 Å². The molecule has 0 atom stereocenters. The lowest BCUT2D eigenvalue weighted by atomic mass is 9.98. The molecule has 0 saturated carbocycles. The Bertz CT molecular complexity index is 579. The molecule has 0 saturated heterocycles. The Kier molecular flexibility index (Phi) is 3.18. The molecule has 2 heteroatoms. The second kappa shape index (κ2) is 5.13. The van der Waals surface area contributed by atoms with Gasteiger partial charge in [-0.2, -0.15) is 0 Å². The molecule has 0 bridgehead atoms. The van der Waals surface area contributed by atoms with Crippen molar-refractivity contribution in [3.63, 3.8) is 0 Å². The van der Waals surface area contributed by atoms with Crippen molar-refractivity contribution in [2.45, 2.75) is 26.7 Å². The summed E-state index contributed by atoms with van der Waals surface area (Å²) in [6, 6.07) is 11.6. The van der Waals surface area contributed by atoms with Crippen LogP contribution in [0.3, 0.4) is 0 Å². The third-order valence-corrected chi connectivity index (χ3v) is 3.26. The summed E-state index contributed by atoms with van der Waals surface area (Å²) >= 11 is 0. The minimum absolute atomic E-state index is 0.349. The molecule has 0 fully saturated rings. The van der Waals surface area contributed by atoms with Crippen molar-refractivity contribution in [3.8, 4) is 11.5 Å². The van der Waals surface area contributed by atoms with Crippen molar-refractivity contribution in [1.29, 1.82) is 1.43 Å². The second-order valence-corrected chi connectivity index (χ2v) is 4.52. The van der Waals surface area contributed by atoms with E-state index < -0.39 is 0 Å². The fourth-order valence-corrected chi connectivity index (χ4v) is 2.13. The Hall–Kier alpha value is -1.96. The molecule has 0 aromatic heterocycles. The van der Waals surface area contributed by atoms with Crippen LogP contribution < -0.4 is 0 Å². The molecule has 0 aliphatic rings. The van der Waals surface area contributed by atoms with E-state index in [4.69, 9.17) is 6.54 Å². The number of hydrogen-bond donors (Lipinski definition) is 2. The van der Waals surface area contributed by atoms with Gasteiger partial charge in [0.15, 0.2) is 0 Å². The fourth-order valence-electron chi connectivity index (χ4n) is 2.13. The van der Waals surface area contributed by atoms with Crippen LogP contribution in [-0.4, -0.2) is 11.6 Å². The van der Waals surface area contributed by atoms with Crippen molar-refractivity contribution < 1.29 is 10.2 Å². The second-order valence-electron chi connectivity index (χ2n) is 4.52. The first-order valence-corrected chi connectivity index (χ1v) is 6.18. The maximum Gasteiger partial charge on any atom is 0.293 e. The van der Waals surface area contributed by atoms with Gasteiger partial charge in [0.05, 0.1) is 0 Å². The summed E-state index contributed by atoms with van der Waals surface area (Å²) in [4.78, 5) is 0. The zero-order chi connectivity index (χ0) is 13.8. The molecular formula is C16H18O2. The van der Waals surface area contributed by atoms with Crippen LogP contribution in [0.25, 0.3) is 0 Å². The highest BCUT2D eigenvalue weighted by Crippen LogP contribution is 2.29. The maximum atomic E-state index is 10.2. The zero-order valence-electron chi connectivity index (χ0n) is 11.7. The Morgan fingerprint density at radius 1 is 1.00 bits per heavy atom. The Morgan fingerprint density at radius 3 is 2.28 bits per heavy atom. The average molecular weight is 243 g/mol. The highest BCUT2D eigenvalue weighted by atomic mass is 16.3. The van der Waals surface area contributed by atoms with Crippen LogP contribution in [0.4, 0.5) is 0 Å². The molecule has 18 heavy (non-hydrogen) atoms. The molecule has 2 N–H and O–H groups in total. The molecule has 0 unspecified atom stereocenters. The number of rotatable bonds is 4. The first kappa shape index (κ1) is 11.1. The third-order valence-electron chi connectivity index (χ3n) is 3.26. The van der Waals surface area contributed by atoms with Gasteiger partial charge in [0, 0.05) is 6.42 Å². The lowest BCUT2D eigenvalue weighted by Gasteiger charge is -2.10. The van der Waals surface area contributed by atoms with Crippen molar-refractivity contribution >= 4 is 0 Å². The maximum absolute atomic E-state index is 10.2. The molecule has 0 radical (unpaired) electrons. The lowest BCUT2D eigenvalue weighted by Crippen LogP contribution is -1.93. The summed E-state index contributed by atoms with van der Waals surface area (Å²) in [5.41, 5.74) is 3.65. The summed E-state index contributed by atoms with van der Waals surface area (Å²) in [5.74, 6) is 0.922. The van der Waals surface area contributed by atoms with E-state index in [2.05, 4.69) is 0 Å². The summed E-state index contributed by atoms with van der Waals surface area (Å²) in [7, 11) is 0. The quantitative estimate of drug-likeness (QED) is 0.862. The minimum atomic E-state index is 0.349. The molecule has 2 nitrogen and oxygen atoms in total. The molecular weight excluding hydrogens is 224 g/mol. The van der Waals surface area contributed by atoms with Gasteiger partial charge in [-0.05, 0) is 35.6 Å².